The maximum atomic E-state index is 11.5. The minimum atomic E-state index is -0.322. The van der Waals surface area contributed by atoms with Crippen molar-refractivity contribution in [3.8, 4) is 0 Å². The molecule has 0 atom stereocenters. The fraction of sp³-hybridized carbons (Fsp3) is 0.600. The van der Waals surface area contributed by atoms with E-state index in [4.69, 9.17) is 4.74 Å². The predicted octanol–water partition coefficient (Wildman–Crippen LogP) is 0.568. The summed E-state index contributed by atoms with van der Waals surface area (Å²) in [5.74, 6) is 0.466. The molecule has 0 aliphatic carbocycles. The Balaban J connectivity index is 2.17. The summed E-state index contributed by atoms with van der Waals surface area (Å²) in [6, 6.07) is 0. The molecule has 1 saturated heterocycles. The van der Waals surface area contributed by atoms with Crippen molar-refractivity contribution in [2.24, 2.45) is 5.92 Å². The van der Waals surface area contributed by atoms with Gasteiger partial charge in [-0.25, -0.2) is 4.79 Å². The molecule has 0 amide bonds. The highest BCUT2D eigenvalue weighted by Crippen LogP contribution is 2.15. The molecule has 0 spiro atoms. The first-order valence-electron chi connectivity index (χ1n) is 5.24. The van der Waals surface area contributed by atoms with Gasteiger partial charge < -0.3 is 4.74 Å². The van der Waals surface area contributed by atoms with Crippen molar-refractivity contribution < 1.29 is 4.74 Å². The molecular weight excluding hydrogens is 323 g/mol. The summed E-state index contributed by atoms with van der Waals surface area (Å²) in [4.78, 5) is 25.0. The first kappa shape index (κ1) is 11.8. The molecule has 0 saturated carbocycles. The standard InChI is InChI=1S/C10H13IN2O3/c11-8-6-13(10(15)12-9(8)14)5-7-1-3-16-4-2-7/h6-7H,1-5H2,(H,12,14,15). The molecule has 1 fully saturated rings. The van der Waals surface area contributed by atoms with Crippen LogP contribution >= 0.6 is 22.6 Å². The van der Waals surface area contributed by atoms with E-state index >= 15 is 0 Å². The Bertz CT molecular complexity index is 474. The van der Waals surface area contributed by atoms with Crippen LogP contribution in [0.1, 0.15) is 12.8 Å². The first-order chi connectivity index (χ1) is 7.66. The molecule has 1 aliphatic rings. The Morgan fingerprint density at radius 3 is 2.81 bits per heavy atom. The summed E-state index contributed by atoms with van der Waals surface area (Å²) in [5.41, 5.74) is -0.634. The quantitative estimate of drug-likeness (QED) is 0.803. The summed E-state index contributed by atoms with van der Waals surface area (Å²) in [7, 11) is 0. The molecule has 1 aromatic rings. The van der Waals surface area contributed by atoms with Crippen LogP contribution in [0.25, 0.3) is 0 Å². The van der Waals surface area contributed by atoms with Gasteiger partial charge in [0.15, 0.2) is 0 Å². The van der Waals surface area contributed by atoms with Crippen LogP contribution in [0.5, 0.6) is 0 Å². The molecule has 1 aliphatic heterocycles. The van der Waals surface area contributed by atoms with Crippen molar-refractivity contribution in [1.82, 2.24) is 9.55 Å². The lowest BCUT2D eigenvalue weighted by Crippen LogP contribution is -2.33. The van der Waals surface area contributed by atoms with Crippen LogP contribution < -0.4 is 11.2 Å². The average molecular weight is 336 g/mol. The molecule has 2 heterocycles. The van der Waals surface area contributed by atoms with Crippen LogP contribution in [-0.4, -0.2) is 22.8 Å². The number of hydrogen-bond donors (Lipinski definition) is 1. The van der Waals surface area contributed by atoms with Crippen molar-refractivity contribution in [3.05, 3.63) is 30.6 Å². The molecule has 0 radical (unpaired) electrons. The molecule has 2 rings (SSSR count). The zero-order valence-corrected chi connectivity index (χ0v) is 10.9. The Morgan fingerprint density at radius 2 is 2.12 bits per heavy atom. The van der Waals surface area contributed by atoms with E-state index in [1.807, 2.05) is 22.6 Å². The zero-order valence-electron chi connectivity index (χ0n) is 8.74. The molecule has 1 N–H and O–H groups in total. The Labute approximate surface area is 106 Å². The lowest BCUT2D eigenvalue weighted by molar-refractivity contribution is 0.0608. The summed E-state index contributed by atoms with van der Waals surface area (Å²) in [6.07, 6.45) is 3.57. The molecule has 88 valence electrons. The Hall–Kier alpha value is -0.630. The van der Waals surface area contributed by atoms with Gasteiger partial charge in [0.1, 0.15) is 0 Å². The second-order valence-electron chi connectivity index (χ2n) is 3.94. The Kier molecular flexibility index (Phi) is 3.80. The third-order valence-electron chi connectivity index (χ3n) is 2.76. The van der Waals surface area contributed by atoms with Crippen LogP contribution in [-0.2, 0) is 11.3 Å². The number of rotatable bonds is 2. The molecule has 0 unspecified atom stereocenters. The highest BCUT2D eigenvalue weighted by atomic mass is 127. The van der Waals surface area contributed by atoms with Crippen LogP contribution in [0.15, 0.2) is 15.8 Å². The molecule has 5 nitrogen and oxygen atoms in total. The van der Waals surface area contributed by atoms with E-state index in [0.717, 1.165) is 26.1 Å². The van der Waals surface area contributed by atoms with Gasteiger partial charge in [0.25, 0.3) is 5.56 Å². The summed E-state index contributed by atoms with van der Waals surface area (Å²) in [6.45, 7) is 2.19. The Morgan fingerprint density at radius 1 is 1.44 bits per heavy atom. The van der Waals surface area contributed by atoms with Crippen molar-refractivity contribution in [1.29, 1.82) is 0 Å². The number of aromatic nitrogens is 2. The number of hydrogen-bond acceptors (Lipinski definition) is 3. The van der Waals surface area contributed by atoms with Crippen molar-refractivity contribution in [3.63, 3.8) is 0 Å². The van der Waals surface area contributed by atoms with E-state index in [0.29, 0.717) is 16.0 Å². The molecule has 0 bridgehead atoms. The smallest absolute Gasteiger partial charge is 0.328 e. The van der Waals surface area contributed by atoms with E-state index < -0.39 is 0 Å². The largest absolute Gasteiger partial charge is 0.381 e. The topological polar surface area (TPSA) is 64.1 Å². The number of aromatic amines is 1. The van der Waals surface area contributed by atoms with Crippen molar-refractivity contribution >= 4 is 22.6 Å². The minimum absolute atomic E-state index is 0.311. The predicted molar refractivity (Wildman–Crippen MR) is 67.6 cm³/mol. The number of nitrogens with one attached hydrogen (secondary N) is 1. The normalized spacial score (nSPS) is 17.6. The van der Waals surface area contributed by atoms with E-state index in [1.54, 1.807) is 10.8 Å². The van der Waals surface area contributed by atoms with Gasteiger partial charge in [0.2, 0.25) is 0 Å². The van der Waals surface area contributed by atoms with Crippen LogP contribution in [0.2, 0.25) is 0 Å². The summed E-state index contributed by atoms with van der Waals surface area (Å²) < 4.78 is 7.39. The maximum Gasteiger partial charge on any atom is 0.328 e. The van der Waals surface area contributed by atoms with Crippen LogP contribution in [0.4, 0.5) is 0 Å². The monoisotopic (exact) mass is 336 g/mol. The van der Waals surface area contributed by atoms with Gasteiger partial charge >= 0.3 is 5.69 Å². The highest BCUT2D eigenvalue weighted by Gasteiger charge is 2.15. The third kappa shape index (κ3) is 2.73. The maximum absolute atomic E-state index is 11.5. The number of nitrogens with zero attached hydrogens (tertiary/aromatic N) is 1. The van der Waals surface area contributed by atoms with Crippen LogP contribution in [0.3, 0.4) is 0 Å². The summed E-state index contributed by atoms with van der Waals surface area (Å²) >= 11 is 1.93. The number of ether oxygens (including phenoxy) is 1. The lowest BCUT2D eigenvalue weighted by atomic mass is 10.0. The molecule has 16 heavy (non-hydrogen) atoms. The second kappa shape index (κ2) is 5.13. The van der Waals surface area contributed by atoms with Gasteiger partial charge in [-0.15, -0.1) is 0 Å². The van der Waals surface area contributed by atoms with E-state index in [9.17, 15) is 9.59 Å². The van der Waals surface area contributed by atoms with Gasteiger partial charge in [0, 0.05) is 26.0 Å². The highest BCUT2D eigenvalue weighted by molar-refractivity contribution is 14.1. The van der Waals surface area contributed by atoms with Crippen LogP contribution in [0, 0.1) is 9.49 Å². The molecular formula is C10H13IN2O3. The number of halogens is 1. The summed E-state index contributed by atoms with van der Waals surface area (Å²) in [5, 5.41) is 0. The van der Waals surface area contributed by atoms with Gasteiger partial charge in [-0.1, -0.05) is 0 Å². The van der Waals surface area contributed by atoms with Gasteiger partial charge in [-0.2, -0.15) is 0 Å². The van der Waals surface area contributed by atoms with Gasteiger partial charge in [-0.3, -0.25) is 14.3 Å². The molecule has 6 heteroatoms. The minimum Gasteiger partial charge on any atom is -0.381 e. The second-order valence-corrected chi connectivity index (χ2v) is 5.11. The van der Waals surface area contributed by atoms with Gasteiger partial charge in [-0.05, 0) is 41.4 Å². The SMILES string of the molecule is O=c1[nH]c(=O)n(CC2CCOCC2)cc1I. The van der Waals surface area contributed by atoms with Gasteiger partial charge in [0.05, 0.1) is 3.57 Å². The average Bonchev–Trinajstić information content (AvgIpc) is 2.27. The fourth-order valence-corrected chi connectivity index (χ4v) is 2.30. The van der Waals surface area contributed by atoms with E-state index in [1.165, 1.54) is 0 Å². The molecule has 0 aromatic carbocycles. The molecule has 1 aromatic heterocycles. The van der Waals surface area contributed by atoms with E-state index in [-0.39, 0.29) is 11.2 Å². The third-order valence-corrected chi connectivity index (χ3v) is 3.53. The van der Waals surface area contributed by atoms with Crippen molar-refractivity contribution in [2.45, 2.75) is 19.4 Å². The van der Waals surface area contributed by atoms with Crippen molar-refractivity contribution in [2.75, 3.05) is 13.2 Å². The lowest BCUT2D eigenvalue weighted by Gasteiger charge is -2.22. The first-order valence-corrected chi connectivity index (χ1v) is 6.31. The zero-order chi connectivity index (χ0) is 11.5. The number of H-pyrrole nitrogens is 1. The van der Waals surface area contributed by atoms with E-state index in [2.05, 4.69) is 4.98 Å². The fourth-order valence-electron chi connectivity index (χ4n) is 1.83.